The fourth-order valence-electron chi connectivity index (χ4n) is 1.53. The summed E-state index contributed by atoms with van der Waals surface area (Å²) in [4.78, 5) is 15.6. The highest BCUT2D eigenvalue weighted by molar-refractivity contribution is 5.76. The fourth-order valence-corrected chi connectivity index (χ4v) is 1.53. The number of nitrogens with one attached hydrogen (secondary N) is 2. The highest BCUT2D eigenvalue weighted by atomic mass is 16.1. The van der Waals surface area contributed by atoms with Crippen LogP contribution >= 0.6 is 0 Å². The number of rotatable bonds is 6. The Kier molecular flexibility index (Phi) is 5.78. The molecule has 0 atom stereocenters. The molecule has 2 N–H and O–H groups in total. The molecule has 0 aliphatic rings. The van der Waals surface area contributed by atoms with Gasteiger partial charge in [-0.05, 0) is 38.8 Å². The van der Waals surface area contributed by atoms with Crippen LogP contribution in [0.2, 0.25) is 0 Å². The maximum Gasteiger partial charge on any atom is 0.221 e. The number of aromatic nitrogens is 1. The Labute approximate surface area is 109 Å². The Hall–Kier alpha value is -1.42. The van der Waals surface area contributed by atoms with Crippen molar-refractivity contribution >= 4 is 5.91 Å². The molecule has 0 bridgehead atoms. The van der Waals surface area contributed by atoms with Crippen molar-refractivity contribution in [2.24, 2.45) is 0 Å². The largest absolute Gasteiger partial charge is 0.356 e. The number of carbonyl (C=O) groups excluding carboxylic acids is 1. The van der Waals surface area contributed by atoms with E-state index in [1.807, 2.05) is 18.3 Å². The summed E-state index contributed by atoms with van der Waals surface area (Å²) in [5.41, 5.74) is 1.21. The Morgan fingerprint density at radius 3 is 2.72 bits per heavy atom. The van der Waals surface area contributed by atoms with Gasteiger partial charge in [0.15, 0.2) is 0 Å². The second kappa shape index (κ2) is 7.11. The molecule has 0 unspecified atom stereocenters. The average Bonchev–Trinajstić information content (AvgIpc) is 2.28. The first-order valence-corrected chi connectivity index (χ1v) is 6.38. The van der Waals surface area contributed by atoms with E-state index < -0.39 is 0 Å². The smallest absolute Gasteiger partial charge is 0.221 e. The number of nitrogens with zero attached hydrogens (tertiary/aromatic N) is 1. The van der Waals surface area contributed by atoms with E-state index in [-0.39, 0.29) is 11.4 Å². The van der Waals surface area contributed by atoms with Gasteiger partial charge in [0.2, 0.25) is 5.91 Å². The summed E-state index contributed by atoms with van der Waals surface area (Å²) < 4.78 is 0. The summed E-state index contributed by atoms with van der Waals surface area (Å²) in [5.74, 6) is 0.0932. The first-order chi connectivity index (χ1) is 8.47. The Morgan fingerprint density at radius 2 is 2.11 bits per heavy atom. The zero-order valence-electron chi connectivity index (χ0n) is 11.5. The second-order valence-electron chi connectivity index (χ2n) is 5.39. The Balaban J connectivity index is 2.11. The zero-order valence-corrected chi connectivity index (χ0v) is 11.5. The second-order valence-corrected chi connectivity index (χ2v) is 5.39. The van der Waals surface area contributed by atoms with Crippen LogP contribution in [0.25, 0.3) is 0 Å². The molecule has 1 rings (SSSR count). The van der Waals surface area contributed by atoms with Crippen molar-refractivity contribution in [3.05, 3.63) is 30.1 Å². The molecule has 0 saturated heterocycles. The Morgan fingerprint density at radius 1 is 1.33 bits per heavy atom. The number of hydrogen-bond donors (Lipinski definition) is 2. The van der Waals surface area contributed by atoms with E-state index >= 15 is 0 Å². The zero-order chi connectivity index (χ0) is 13.4. The van der Waals surface area contributed by atoms with E-state index in [4.69, 9.17) is 0 Å². The predicted molar refractivity (Wildman–Crippen MR) is 73.3 cm³/mol. The molecule has 1 amide bonds. The minimum Gasteiger partial charge on any atom is -0.356 e. The average molecular weight is 249 g/mol. The van der Waals surface area contributed by atoms with E-state index in [1.54, 1.807) is 6.20 Å². The molecule has 0 saturated carbocycles. The minimum atomic E-state index is 0.0655. The van der Waals surface area contributed by atoms with Crippen molar-refractivity contribution in [1.29, 1.82) is 0 Å². The lowest BCUT2D eigenvalue weighted by Crippen LogP contribution is -2.38. The molecule has 18 heavy (non-hydrogen) atoms. The van der Waals surface area contributed by atoms with Crippen LogP contribution in [0.1, 0.15) is 32.8 Å². The third-order valence-corrected chi connectivity index (χ3v) is 2.47. The molecule has 0 aliphatic heterocycles. The maximum atomic E-state index is 11.6. The fraction of sp³-hybridized carbons (Fsp3) is 0.571. The van der Waals surface area contributed by atoms with Gasteiger partial charge in [0.25, 0.3) is 0 Å². The van der Waals surface area contributed by atoms with Crippen LogP contribution in [0.4, 0.5) is 0 Å². The topological polar surface area (TPSA) is 54.0 Å². The molecule has 0 aromatic carbocycles. The quantitative estimate of drug-likeness (QED) is 0.803. The maximum absolute atomic E-state index is 11.6. The van der Waals surface area contributed by atoms with Crippen molar-refractivity contribution < 1.29 is 4.79 Å². The molecule has 0 radical (unpaired) electrons. The highest BCUT2D eigenvalue weighted by Gasteiger charge is 2.09. The van der Waals surface area contributed by atoms with Crippen molar-refractivity contribution in [3.63, 3.8) is 0 Å². The van der Waals surface area contributed by atoms with Crippen LogP contribution in [0.5, 0.6) is 0 Å². The van der Waals surface area contributed by atoms with Gasteiger partial charge in [-0.3, -0.25) is 9.78 Å². The minimum absolute atomic E-state index is 0.0655. The monoisotopic (exact) mass is 249 g/mol. The molecular formula is C14H23N3O. The normalized spacial score (nSPS) is 11.3. The predicted octanol–water partition coefficient (Wildman–Crippen LogP) is 1.52. The van der Waals surface area contributed by atoms with Gasteiger partial charge in [-0.25, -0.2) is 0 Å². The van der Waals surface area contributed by atoms with Crippen LogP contribution in [0.3, 0.4) is 0 Å². The van der Waals surface area contributed by atoms with E-state index in [9.17, 15) is 4.79 Å². The van der Waals surface area contributed by atoms with Gasteiger partial charge < -0.3 is 10.6 Å². The standard InChI is InChI=1S/C14H23N3O/c1-14(2,3)17-10-7-13(18)16-9-6-12-5-4-8-15-11-12/h4-5,8,11,17H,6-7,9-10H2,1-3H3,(H,16,18). The summed E-state index contributed by atoms with van der Waals surface area (Å²) in [5, 5.41) is 6.20. The van der Waals surface area contributed by atoms with E-state index in [0.29, 0.717) is 19.5 Å². The van der Waals surface area contributed by atoms with Gasteiger partial charge >= 0.3 is 0 Å². The molecule has 4 heteroatoms. The molecule has 1 heterocycles. The summed E-state index contributed by atoms with van der Waals surface area (Å²) in [6, 6.07) is 3.92. The highest BCUT2D eigenvalue weighted by Crippen LogP contribution is 1.98. The summed E-state index contributed by atoms with van der Waals surface area (Å²) in [6.07, 6.45) is 4.92. The molecule has 0 spiro atoms. The van der Waals surface area contributed by atoms with Gasteiger partial charge in [0.05, 0.1) is 0 Å². The molecule has 100 valence electrons. The lowest BCUT2D eigenvalue weighted by Gasteiger charge is -2.20. The molecule has 4 nitrogen and oxygen atoms in total. The first-order valence-electron chi connectivity index (χ1n) is 6.38. The summed E-state index contributed by atoms with van der Waals surface area (Å²) >= 11 is 0. The Bertz CT molecular complexity index is 357. The number of carbonyl (C=O) groups is 1. The van der Waals surface area contributed by atoms with Gasteiger partial charge in [0.1, 0.15) is 0 Å². The van der Waals surface area contributed by atoms with Gasteiger partial charge in [-0.1, -0.05) is 6.07 Å². The lowest BCUT2D eigenvalue weighted by atomic mass is 10.1. The third kappa shape index (κ3) is 7.01. The summed E-state index contributed by atoms with van der Waals surface area (Å²) in [6.45, 7) is 7.65. The molecule has 0 aliphatic carbocycles. The van der Waals surface area contributed by atoms with Crippen LogP contribution in [0, 0.1) is 0 Å². The van der Waals surface area contributed by atoms with Crippen molar-refractivity contribution in [2.45, 2.75) is 39.2 Å². The van der Waals surface area contributed by atoms with E-state index in [2.05, 4.69) is 36.4 Å². The van der Waals surface area contributed by atoms with Crippen LogP contribution in [-0.2, 0) is 11.2 Å². The molecular weight excluding hydrogens is 226 g/mol. The van der Waals surface area contributed by atoms with Gasteiger partial charge in [-0.2, -0.15) is 0 Å². The molecule has 0 fully saturated rings. The lowest BCUT2D eigenvalue weighted by molar-refractivity contribution is -0.121. The van der Waals surface area contributed by atoms with Crippen LogP contribution in [0.15, 0.2) is 24.5 Å². The number of pyridine rings is 1. The third-order valence-electron chi connectivity index (χ3n) is 2.47. The summed E-state index contributed by atoms with van der Waals surface area (Å²) in [7, 11) is 0. The number of hydrogen-bond acceptors (Lipinski definition) is 3. The number of amides is 1. The SMILES string of the molecule is CC(C)(C)NCCC(=O)NCCc1cccnc1. The van der Waals surface area contributed by atoms with Gasteiger partial charge in [-0.15, -0.1) is 0 Å². The molecule has 1 aromatic rings. The van der Waals surface area contributed by atoms with E-state index in [1.165, 1.54) is 0 Å². The van der Waals surface area contributed by atoms with Crippen molar-refractivity contribution in [3.8, 4) is 0 Å². The van der Waals surface area contributed by atoms with Gasteiger partial charge in [0, 0.05) is 37.4 Å². The van der Waals surface area contributed by atoms with Crippen LogP contribution < -0.4 is 10.6 Å². The van der Waals surface area contributed by atoms with E-state index in [0.717, 1.165) is 12.0 Å². The van der Waals surface area contributed by atoms with Crippen molar-refractivity contribution in [2.75, 3.05) is 13.1 Å². The first kappa shape index (κ1) is 14.6. The van der Waals surface area contributed by atoms with Crippen molar-refractivity contribution in [1.82, 2.24) is 15.6 Å². The molecule has 1 aromatic heterocycles. The van der Waals surface area contributed by atoms with Crippen LogP contribution in [-0.4, -0.2) is 29.5 Å².